The van der Waals surface area contributed by atoms with Crippen LogP contribution in [0.1, 0.15) is 5.56 Å². The lowest BCUT2D eigenvalue weighted by atomic mass is 10.1. The molecule has 0 radical (unpaired) electrons. The van der Waals surface area contributed by atoms with E-state index in [1.165, 1.54) is 24.3 Å². The van der Waals surface area contributed by atoms with Crippen molar-refractivity contribution < 1.29 is 23.0 Å². The van der Waals surface area contributed by atoms with E-state index in [1.54, 1.807) is 25.1 Å². The van der Waals surface area contributed by atoms with Crippen molar-refractivity contribution in [3.63, 3.8) is 0 Å². The second-order valence-electron chi connectivity index (χ2n) is 5.71. The van der Waals surface area contributed by atoms with Gasteiger partial charge in [0, 0.05) is 22.9 Å². The van der Waals surface area contributed by atoms with Gasteiger partial charge < -0.3 is 5.11 Å². The molecule has 0 saturated carbocycles. The Morgan fingerprint density at radius 1 is 1.04 bits per heavy atom. The zero-order valence-electron chi connectivity index (χ0n) is 13.9. The van der Waals surface area contributed by atoms with Crippen molar-refractivity contribution >= 4 is 38.0 Å². The number of benzene rings is 3. The second kappa shape index (κ2) is 6.74. The van der Waals surface area contributed by atoms with Gasteiger partial charge in [-0.15, -0.1) is 10.2 Å². The first-order valence-corrected chi connectivity index (χ1v) is 9.01. The molecule has 9 nitrogen and oxygen atoms in total. The molecule has 0 heterocycles. The molecule has 0 fully saturated rings. The van der Waals surface area contributed by atoms with E-state index in [4.69, 9.17) is 0 Å². The minimum absolute atomic E-state index is 0.0204. The summed E-state index contributed by atoms with van der Waals surface area (Å²) < 4.78 is 32.5. The summed E-state index contributed by atoms with van der Waals surface area (Å²) in [6, 6.07) is 11.3. The average Bonchev–Trinajstić information content (AvgIpc) is 2.60. The van der Waals surface area contributed by atoms with Gasteiger partial charge in [0.15, 0.2) is 5.69 Å². The zero-order chi connectivity index (χ0) is 19.8. The number of aryl methyl sites for hydroxylation is 1. The van der Waals surface area contributed by atoms with Crippen LogP contribution in [0, 0.1) is 17.0 Å². The highest BCUT2D eigenvalue weighted by molar-refractivity contribution is 7.86. The number of azo groups is 1. The molecule has 2 N–H and O–H groups in total. The number of aromatic hydroxyl groups is 1. The van der Waals surface area contributed by atoms with Crippen LogP contribution in [0.25, 0.3) is 10.8 Å². The van der Waals surface area contributed by atoms with Gasteiger partial charge in [-0.2, -0.15) is 8.42 Å². The minimum atomic E-state index is -4.58. The van der Waals surface area contributed by atoms with Crippen LogP contribution in [0.5, 0.6) is 5.75 Å². The highest BCUT2D eigenvalue weighted by Crippen LogP contribution is 2.40. The number of hydrogen-bond donors (Lipinski definition) is 2. The molecule has 3 rings (SSSR count). The summed E-state index contributed by atoms with van der Waals surface area (Å²) in [6.07, 6.45) is 0. The van der Waals surface area contributed by atoms with E-state index in [0.29, 0.717) is 5.56 Å². The van der Waals surface area contributed by atoms with E-state index in [9.17, 15) is 28.2 Å². The fraction of sp³-hybridized carbons (Fsp3) is 0.0588. The number of nitrogens with zero attached hydrogens (tertiary/aromatic N) is 3. The van der Waals surface area contributed by atoms with Gasteiger partial charge in [0.1, 0.15) is 16.3 Å². The first-order valence-electron chi connectivity index (χ1n) is 7.57. The van der Waals surface area contributed by atoms with Gasteiger partial charge >= 0.3 is 0 Å². The lowest BCUT2D eigenvalue weighted by Gasteiger charge is -2.08. The fourth-order valence-corrected chi connectivity index (χ4v) is 3.32. The third-order valence-electron chi connectivity index (χ3n) is 3.82. The molecule has 0 unspecified atom stereocenters. The van der Waals surface area contributed by atoms with Gasteiger partial charge in [0.25, 0.3) is 15.8 Å². The third kappa shape index (κ3) is 3.61. The molecule has 3 aromatic carbocycles. The van der Waals surface area contributed by atoms with Crippen LogP contribution < -0.4 is 0 Å². The van der Waals surface area contributed by atoms with Crippen molar-refractivity contribution in [2.75, 3.05) is 0 Å². The van der Waals surface area contributed by atoms with Gasteiger partial charge in [0.05, 0.1) is 4.92 Å². The van der Waals surface area contributed by atoms with Crippen LogP contribution in [0.15, 0.2) is 63.7 Å². The molecule has 10 heteroatoms. The number of nitro groups is 1. The van der Waals surface area contributed by atoms with Crippen molar-refractivity contribution in [1.82, 2.24) is 0 Å². The highest BCUT2D eigenvalue weighted by Gasteiger charge is 2.20. The Bertz CT molecular complexity index is 1200. The molecule has 27 heavy (non-hydrogen) atoms. The number of nitro benzene ring substituents is 1. The summed E-state index contributed by atoms with van der Waals surface area (Å²) in [5, 5.41) is 29.5. The van der Waals surface area contributed by atoms with Gasteiger partial charge in [-0.25, -0.2) is 0 Å². The summed E-state index contributed by atoms with van der Waals surface area (Å²) in [7, 11) is -4.58. The second-order valence-corrected chi connectivity index (χ2v) is 7.10. The molecule has 0 aliphatic heterocycles. The van der Waals surface area contributed by atoms with Gasteiger partial charge in [-0.1, -0.05) is 30.3 Å². The Hall–Kier alpha value is -3.37. The average molecular weight is 387 g/mol. The quantitative estimate of drug-likeness (QED) is 0.293. The number of rotatable bonds is 4. The summed E-state index contributed by atoms with van der Waals surface area (Å²) >= 11 is 0. The number of phenols is 1. The molecule has 0 spiro atoms. The smallest absolute Gasteiger partial charge is 0.296 e. The maximum absolute atomic E-state index is 11.6. The van der Waals surface area contributed by atoms with Crippen molar-refractivity contribution in [3.8, 4) is 5.75 Å². The van der Waals surface area contributed by atoms with Crippen molar-refractivity contribution in [2.45, 2.75) is 11.8 Å². The first-order chi connectivity index (χ1) is 12.7. The molecule has 138 valence electrons. The Balaban J connectivity index is 2.22. The number of fused-ring (bicyclic) bond motifs is 1. The van der Waals surface area contributed by atoms with E-state index in [1.807, 2.05) is 0 Å². The van der Waals surface area contributed by atoms with Crippen molar-refractivity contribution in [1.29, 1.82) is 0 Å². The van der Waals surface area contributed by atoms with Crippen LogP contribution in [0.4, 0.5) is 17.1 Å². The van der Waals surface area contributed by atoms with Crippen LogP contribution in [-0.2, 0) is 10.1 Å². The standard InChI is InChI=1S/C17H13N3O6S/c1-10-6-7-13(14(8-10)20(22)23)18-19-17-12-5-3-2-4-11(12)16(9-15(17)21)27(24,25)26/h2-9,21H,1H3,(H,24,25,26). The minimum Gasteiger partial charge on any atom is -0.506 e. The largest absolute Gasteiger partial charge is 0.506 e. The van der Waals surface area contributed by atoms with E-state index >= 15 is 0 Å². The van der Waals surface area contributed by atoms with Gasteiger partial charge in [-0.05, 0) is 18.6 Å². The molecule has 0 atom stereocenters. The fourth-order valence-electron chi connectivity index (χ4n) is 2.60. The van der Waals surface area contributed by atoms with Crippen LogP contribution in [0.2, 0.25) is 0 Å². The predicted molar refractivity (Wildman–Crippen MR) is 97.4 cm³/mol. The van der Waals surface area contributed by atoms with Gasteiger partial charge in [0.2, 0.25) is 0 Å². The Morgan fingerprint density at radius 2 is 1.70 bits per heavy atom. The number of phenolic OH excluding ortho intramolecular Hbond substituents is 1. The molecule has 0 bridgehead atoms. The summed E-state index contributed by atoms with van der Waals surface area (Å²) in [4.78, 5) is 10.1. The summed E-state index contributed by atoms with van der Waals surface area (Å²) in [6.45, 7) is 1.70. The van der Waals surface area contributed by atoms with Crippen LogP contribution in [-0.4, -0.2) is 23.0 Å². The molecular weight excluding hydrogens is 374 g/mol. The monoisotopic (exact) mass is 387 g/mol. The molecule has 3 aromatic rings. The van der Waals surface area contributed by atoms with Crippen molar-refractivity contribution in [2.24, 2.45) is 10.2 Å². The molecular formula is C17H13N3O6S. The lowest BCUT2D eigenvalue weighted by Crippen LogP contribution is -1.99. The first kappa shape index (κ1) is 18.4. The maximum atomic E-state index is 11.6. The van der Waals surface area contributed by atoms with E-state index < -0.39 is 25.7 Å². The van der Waals surface area contributed by atoms with Crippen molar-refractivity contribution in [3.05, 3.63) is 64.2 Å². The summed E-state index contributed by atoms with van der Waals surface area (Å²) in [5.41, 5.74) is 0.323. The van der Waals surface area contributed by atoms with E-state index in [0.717, 1.165) is 6.07 Å². The lowest BCUT2D eigenvalue weighted by molar-refractivity contribution is -0.384. The van der Waals surface area contributed by atoms with Crippen LogP contribution in [0.3, 0.4) is 0 Å². The Labute approximate surface area is 153 Å². The number of hydrogen-bond acceptors (Lipinski definition) is 7. The molecule has 0 aromatic heterocycles. The molecule has 0 aliphatic rings. The Kier molecular flexibility index (Phi) is 4.60. The predicted octanol–water partition coefficient (Wildman–Crippen LogP) is 4.42. The normalized spacial score (nSPS) is 11.9. The van der Waals surface area contributed by atoms with E-state index in [-0.39, 0.29) is 27.8 Å². The highest BCUT2D eigenvalue weighted by atomic mass is 32.2. The summed E-state index contributed by atoms with van der Waals surface area (Å²) in [5.74, 6) is -0.542. The SMILES string of the molecule is Cc1ccc(N=Nc2c(O)cc(S(=O)(=O)O)c3ccccc23)c([N+](=O)[O-])c1. The molecule has 0 saturated heterocycles. The Morgan fingerprint density at radius 3 is 2.33 bits per heavy atom. The molecule has 0 amide bonds. The van der Waals surface area contributed by atoms with E-state index in [2.05, 4.69) is 10.2 Å². The maximum Gasteiger partial charge on any atom is 0.296 e. The zero-order valence-corrected chi connectivity index (χ0v) is 14.7. The topological polar surface area (TPSA) is 142 Å². The third-order valence-corrected chi connectivity index (χ3v) is 4.71. The van der Waals surface area contributed by atoms with Gasteiger partial charge in [-0.3, -0.25) is 14.7 Å². The van der Waals surface area contributed by atoms with Crippen LogP contribution >= 0.6 is 0 Å². The molecule has 0 aliphatic carbocycles.